The standard InChI is InChI=1S/C22H23N3O/c26-21-14-23-13-20-12-19(11-18-6-9-25(21)22(18)20)17-5-3-4-16(10-17)15-24-7-1-2-8-24/h3-6,9-12,23H,1-2,7-8,13-15H2. The molecule has 0 aliphatic carbocycles. The van der Waals surface area contributed by atoms with Gasteiger partial charge in [0, 0.05) is 24.7 Å². The summed E-state index contributed by atoms with van der Waals surface area (Å²) in [5.41, 5.74) is 6.10. The van der Waals surface area contributed by atoms with E-state index in [0.29, 0.717) is 6.54 Å². The molecule has 2 aliphatic rings. The van der Waals surface area contributed by atoms with Gasteiger partial charge in [-0.1, -0.05) is 18.2 Å². The Kier molecular flexibility index (Phi) is 3.88. The molecule has 26 heavy (non-hydrogen) atoms. The summed E-state index contributed by atoms with van der Waals surface area (Å²) >= 11 is 0. The van der Waals surface area contributed by atoms with Gasteiger partial charge < -0.3 is 5.32 Å². The van der Waals surface area contributed by atoms with E-state index < -0.39 is 0 Å². The summed E-state index contributed by atoms with van der Waals surface area (Å²) < 4.78 is 1.79. The monoisotopic (exact) mass is 345 g/mol. The van der Waals surface area contributed by atoms with Crippen LogP contribution in [0.5, 0.6) is 0 Å². The van der Waals surface area contributed by atoms with Crippen LogP contribution in [0, 0.1) is 0 Å². The first-order valence-corrected chi connectivity index (χ1v) is 9.47. The normalized spacial score (nSPS) is 17.8. The maximum absolute atomic E-state index is 12.2. The first-order chi connectivity index (χ1) is 12.8. The number of rotatable bonds is 3. The molecule has 2 aromatic carbocycles. The Morgan fingerprint density at radius 1 is 0.962 bits per heavy atom. The van der Waals surface area contributed by atoms with Gasteiger partial charge in [-0.25, -0.2) is 0 Å². The van der Waals surface area contributed by atoms with Gasteiger partial charge in [0.25, 0.3) is 0 Å². The lowest BCUT2D eigenvalue weighted by Gasteiger charge is -2.15. The van der Waals surface area contributed by atoms with Crippen LogP contribution in [0.3, 0.4) is 0 Å². The number of carbonyl (C=O) groups excluding carboxylic acids is 1. The van der Waals surface area contributed by atoms with Crippen LogP contribution in [-0.2, 0) is 13.1 Å². The lowest BCUT2D eigenvalue weighted by Crippen LogP contribution is -2.23. The quantitative estimate of drug-likeness (QED) is 0.787. The molecule has 0 saturated carbocycles. The highest BCUT2D eigenvalue weighted by atomic mass is 16.2. The third kappa shape index (κ3) is 2.75. The van der Waals surface area contributed by atoms with E-state index in [4.69, 9.17) is 0 Å². The summed E-state index contributed by atoms with van der Waals surface area (Å²) in [5.74, 6) is 0.110. The third-order valence-electron chi connectivity index (χ3n) is 5.59. The fourth-order valence-corrected chi connectivity index (χ4v) is 4.32. The zero-order valence-corrected chi connectivity index (χ0v) is 14.9. The number of likely N-dealkylation sites (tertiary alicyclic amines) is 1. The van der Waals surface area contributed by atoms with E-state index in [1.165, 1.54) is 48.2 Å². The average Bonchev–Trinajstić information content (AvgIpc) is 3.28. The number of nitrogens with one attached hydrogen (secondary N) is 1. The van der Waals surface area contributed by atoms with Crippen LogP contribution in [0.25, 0.3) is 22.0 Å². The predicted molar refractivity (Wildman–Crippen MR) is 104 cm³/mol. The Bertz CT molecular complexity index is 982. The summed E-state index contributed by atoms with van der Waals surface area (Å²) in [6.07, 6.45) is 4.54. The molecule has 1 saturated heterocycles. The van der Waals surface area contributed by atoms with Gasteiger partial charge >= 0.3 is 0 Å². The highest BCUT2D eigenvalue weighted by molar-refractivity contribution is 5.97. The first kappa shape index (κ1) is 15.8. The summed E-state index contributed by atoms with van der Waals surface area (Å²) in [6, 6.07) is 15.4. The topological polar surface area (TPSA) is 37.3 Å². The van der Waals surface area contributed by atoms with Gasteiger partial charge in [-0.15, -0.1) is 0 Å². The fraction of sp³-hybridized carbons (Fsp3) is 0.318. The molecule has 4 nitrogen and oxygen atoms in total. The Morgan fingerprint density at radius 2 is 1.85 bits per heavy atom. The van der Waals surface area contributed by atoms with E-state index in [9.17, 15) is 4.79 Å². The summed E-state index contributed by atoms with van der Waals surface area (Å²) in [5, 5.41) is 4.39. The van der Waals surface area contributed by atoms with Crippen molar-refractivity contribution in [1.82, 2.24) is 14.8 Å². The number of hydrogen-bond acceptors (Lipinski definition) is 3. The van der Waals surface area contributed by atoms with Gasteiger partial charge in [-0.3, -0.25) is 14.3 Å². The maximum Gasteiger partial charge on any atom is 0.245 e. The van der Waals surface area contributed by atoms with Crippen molar-refractivity contribution in [3.05, 3.63) is 59.8 Å². The van der Waals surface area contributed by atoms with E-state index >= 15 is 0 Å². The summed E-state index contributed by atoms with van der Waals surface area (Å²) in [7, 11) is 0. The van der Waals surface area contributed by atoms with Crippen LogP contribution in [0.15, 0.2) is 48.7 Å². The average molecular weight is 345 g/mol. The van der Waals surface area contributed by atoms with E-state index in [-0.39, 0.29) is 5.91 Å². The van der Waals surface area contributed by atoms with Crippen molar-refractivity contribution in [3.8, 4) is 11.1 Å². The van der Waals surface area contributed by atoms with Crippen molar-refractivity contribution in [2.45, 2.75) is 25.9 Å². The number of carbonyl (C=O) groups is 1. The molecule has 0 unspecified atom stereocenters. The number of nitrogens with zero attached hydrogens (tertiary/aromatic N) is 2. The SMILES string of the molecule is O=C1CNCc2cc(-c3cccc(CN4CCCC4)c3)cc3ccn1c23. The van der Waals surface area contributed by atoms with Crippen molar-refractivity contribution in [2.75, 3.05) is 19.6 Å². The van der Waals surface area contributed by atoms with Crippen LogP contribution in [0.4, 0.5) is 0 Å². The molecule has 4 heteroatoms. The number of aromatic nitrogens is 1. The second kappa shape index (κ2) is 6.38. The van der Waals surface area contributed by atoms with Crippen molar-refractivity contribution in [3.63, 3.8) is 0 Å². The van der Waals surface area contributed by atoms with Crippen LogP contribution < -0.4 is 5.32 Å². The molecule has 2 aliphatic heterocycles. The summed E-state index contributed by atoms with van der Waals surface area (Å²) in [4.78, 5) is 14.7. The van der Waals surface area contributed by atoms with Crippen LogP contribution >= 0.6 is 0 Å². The third-order valence-corrected chi connectivity index (χ3v) is 5.59. The molecule has 0 bridgehead atoms. The highest BCUT2D eigenvalue weighted by Crippen LogP contribution is 2.30. The molecule has 0 spiro atoms. The molecule has 0 atom stereocenters. The van der Waals surface area contributed by atoms with Crippen LogP contribution in [0.1, 0.15) is 28.8 Å². The molecular formula is C22H23N3O. The lowest BCUT2D eigenvalue weighted by molar-refractivity contribution is 0.0920. The van der Waals surface area contributed by atoms with Crippen molar-refractivity contribution < 1.29 is 4.79 Å². The van der Waals surface area contributed by atoms with Gasteiger partial charge in [0.1, 0.15) is 0 Å². The summed E-state index contributed by atoms with van der Waals surface area (Å²) in [6.45, 7) is 4.59. The zero-order valence-electron chi connectivity index (χ0n) is 14.9. The molecule has 1 N–H and O–H groups in total. The second-order valence-corrected chi connectivity index (χ2v) is 7.44. The van der Waals surface area contributed by atoms with E-state index in [0.717, 1.165) is 24.0 Å². The van der Waals surface area contributed by atoms with Gasteiger partial charge in [0.2, 0.25) is 5.91 Å². The van der Waals surface area contributed by atoms with Gasteiger partial charge in [-0.05, 0) is 72.5 Å². The van der Waals surface area contributed by atoms with Crippen molar-refractivity contribution >= 4 is 16.8 Å². The van der Waals surface area contributed by atoms with Gasteiger partial charge in [-0.2, -0.15) is 0 Å². The molecule has 3 heterocycles. The molecule has 1 fully saturated rings. The molecule has 132 valence electrons. The zero-order chi connectivity index (χ0) is 17.5. The minimum atomic E-state index is 0.110. The van der Waals surface area contributed by atoms with E-state index in [1.807, 2.05) is 6.20 Å². The fourth-order valence-electron chi connectivity index (χ4n) is 4.32. The van der Waals surface area contributed by atoms with Crippen LogP contribution in [0.2, 0.25) is 0 Å². The van der Waals surface area contributed by atoms with E-state index in [1.54, 1.807) is 4.57 Å². The number of benzene rings is 2. The van der Waals surface area contributed by atoms with Crippen LogP contribution in [-0.4, -0.2) is 35.0 Å². The predicted octanol–water partition coefficient (Wildman–Crippen LogP) is 3.65. The minimum absolute atomic E-state index is 0.110. The highest BCUT2D eigenvalue weighted by Gasteiger charge is 2.18. The van der Waals surface area contributed by atoms with Gasteiger partial charge in [0.15, 0.2) is 0 Å². The smallest absolute Gasteiger partial charge is 0.245 e. The first-order valence-electron chi connectivity index (χ1n) is 9.47. The molecule has 0 amide bonds. The molecule has 3 aromatic rings. The van der Waals surface area contributed by atoms with Crippen molar-refractivity contribution in [1.29, 1.82) is 0 Å². The maximum atomic E-state index is 12.2. The number of hydrogen-bond donors (Lipinski definition) is 1. The lowest BCUT2D eigenvalue weighted by atomic mass is 9.98. The molecule has 0 radical (unpaired) electrons. The Labute approximate surface area is 153 Å². The molecule has 5 rings (SSSR count). The van der Waals surface area contributed by atoms with Gasteiger partial charge in [0.05, 0.1) is 12.1 Å². The Hall–Kier alpha value is -2.43. The minimum Gasteiger partial charge on any atom is -0.304 e. The molecule has 1 aromatic heterocycles. The Morgan fingerprint density at radius 3 is 2.73 bits per heavy atom. The Balaban J connectivity index is 1.54. The molecular weight excluding hydrogens is 322 g/mol. The van der Waals surface area contributed by atoms with Crippen molar-refractivity contribution in [2.24, 2.45) is 0 Å². The largest absolute Gasteiger partial charge is 0.304 e. The van der Waals surface area contributed by atoms with E-state index in [2.05, 4.69) is 52.7 Å². The second-order valence-electron chi connectivity index (χ2n) is 7.44.